The number of fused-ring (bicyclic) bond motifs is 14. The maximum Gasteiger partial charge on any atom is 0.143 e. The number of thiophene rings is 1. The predicted octanol–water partition coefficient (Wildman–Crippen LogP) is 15.1. The van der Waals surface area contributed by atoms with Crippen molar-refractivity contribution in [1.29, 1.82) is 0 Å². The molecule has 0 saturated heterocycles. The average molecular weight is 693 g/mol. The molecular formula is C51H32OS. The Hall–Kier alpha value is -6.22. The SMILES string of the molecule is CC1(C)c2ccccc2-c2c(-c3c4ccccc4c(-c4ccc5c(c4)sc4ccccc45)c4ccccc34)cc3c(oc4c5ccccc5ccc34)c21. The molecule has 53 heavy (non-hydrogen) atoms. The van der Waals surface area contributed by atoms with E-state index in [2.05, 4.69) is 172 Å². The second-order valence-corrected chi connectivity index (χ2v) is 16.2. The van der Waals surface area contributed by atoms with Crippen molar-refractivity contribution in [3.63, 3.8) is 0 Å². The van der Waals surface area contributed by atoms with Crippen LogP contribution in [-0.4, -0.2) is 0 Å². The number of rotatable bonds is 2. The molecule has 248 valence electrons. The Kier molecular flexibility index (Phi) is 5.78. The van der Waals surface area contributed by atoms with Crippen molar-refractivity contribution in [3.8, 4) is 33.4 Å². The molecule has 0 spiro atoms. The molecule has 1 nitrogen and oxygen atoms in total. The van der Waals surface area contributed by atoms with Gasteiger partial charge >= 0.3 is 0 Å². The van der Waals surface area contributed by atoms with Gasteiger partial charge in [0.05, 0.1) is 0 Å². The summed E-state index contributed by atoms with van der Waals surface area (Å²) in [6.45, 7) is 4.74. The summed E-state index contributed by atoms with van der Waals surface area (Å²) in [5.74, 6) is 0. The zero-order valence-corrected chi connectivity index (χ0v) is 30.1. The molecule has 11 aromatic rings. The van der Waals surface area contributed by atoms with Gasteiger partial charge in [0.15, 0.2) is 0 Å². The van der Waals surface area contributed by atoms with Gasteiger partial charge in [0, 0.05) is 47.3 Å². The fourth-order valence-electron chi connectivity index (χ4n) is 9.70. The molecule has 0 amide bonds. The van der Waals surface area contributed by atoms with E-state index in [1.54, 1.807) is 0 Å². The van der Waals surface area contributed by atoms with Gasteiger partial charge in [0.25, 0.3) is 0 Å². The maximum atomic E-state index is 7.08. The van der Waals surface area contributed by atoms with Crippen LogP contribution in [-0.2, 0) is 5.41 Å². The standard InChI is InChI=1S/C51H32OS/c1-51(2)42-21-11-9-20-39(42)47-41(28-40-38-26-23-29-13-3-4-14-31(29)49(38)52-50(40)48(47)51)46-36-18-7-5-16-34(36)45(35-17-6-8-19-37(35)46)30-24-25-33-32-15-10-12-22-43(32)53-44(33)27-30/h3-28H,1-2H3. The van der Waals surface area contributed by atoms with E-state index in [9.17, 15) is 0 Å². The van der Waals surface area contributed by atoms with Gasteiger partial charge in [-0.25, -0.2) is 0 Å². The second-order valence-electron chi connectivity index (χ2n) is 15.1. The van der Waals surface area contributed by atoms with E-state index < -0.39 is 0 Å². The van der Waals surface area contributed by atoms with Crippen LogP contribution in [0.25, 0.3) is 108 Å². The summed E-state index contributed by atoms with van der Waals surface area (Å²) in [5.41, 5.74) is 12.0. The molecule has 1 aliphatic rings. The topological polar surface area (TPSA) is 13.1 Å². The minimum atomic E-state index is -0.255. The highest BCUT2D eigenvalue weighted by molar-refractivity contribution is 7.25. The third-order valence-corrected chi connectivity index (χ3v) is 13.2. The Morgan fingerprint density at radius 3 is 1.79 bits per heavy atom. The normalized spacial score (nSPS) is 13.6. The van der Waals surface area contributed by atoms with Crippen molar-refractivity contribution in [3.05, 3.63) is 169 Å². The van der Waals surface area contributed by atoms with Gasteiger partial charge < -0.3 is 4.42 Å². The van der Waals surface area contributed by atoms with Gasteiger partial charge in [-0.2, -0.15) is 0 Å². The van der Waals surface area contributed by atoms with E-state index in [1.165, 1.54) is 97.0 Å². The lowest BCUT2D eigenvalue weighted by molar-refractivity contribution is 0.621. The van der Waals surface area contributed by atoms with Crippen LogP contribution in [0.5, 0.6) is 0 Å². The lowest BCUT2D eigenvalue weighted by atomic mass is 9.79. The summed E-state index contributed by atoms with van der Waals surface area (Å²) >= 11 is 1.88. The van der Waals surface area contributed by atoms with E-state index in [0.717, 1.165) is 21.9 Å². The van der Waals surface area contributed by atoms with Crippen LogP contribution >= 0.6 is 11.3 Å². The van der Waals surface area contributed by atoms with E-state index in [0.29, 0.717) is 0 Å². The third kappa shape index (κ3) is 3.86. The Labute approximate surface area is 310 Å². The molecule has 1 aliphatic carbocycles. The molecule has 0 aliphatic heterocycles. The number of furan rings is 1. The van der Waals surface area contributed by atoms with E-state index in [4.69, 9.17) is 4.42 Å². The Bertz CT molecular complexity index is 3320. The predicted molar refractivity (Wildman–Crippen MR) is 228 cm³/mol. The van der Waals surface area contributed by atoms with Crippen molar-refractivity contribution in [2.24, 2.45) is 0 Å². The zero-order chi connectivity index (χ0) is 35.0. The molecule has 0 atom stereocenters. The maximum absolute atomic E-state index is 7.08. The summed E-state index contributed by atoms with van der Waals surface area (Å²) in [7, 11) is 0. The van der Waals surface area contributed by atoms with Gasteiger partial charge in [0.2, 0.25) is 0 Å². The fraction of sp³-hybridized carbons (Fsp3) is 0.0588. The monoisotopic (exact) mass is 692 g/mol. The van der Waals surface area contributed by atoms with E-state index in [1.807, 2.05) is 11.3 Å². The number of hydrogen-bond donors (Lipinski definition) is 0. The summed E-state index contributed by atoms with van der Waals surface area (Å²) in [4.78, 5) is 0. The first-order valence-corrected chi connectivity index (χ1v) is 19.2. The molecule has 0 fully saturated rings. The smallest absolute Gasteiger partial charge is 0.143 e. The van der Waals surface area contributed by atoms with Crippen molar-refractivity contribution in [2.75, 3.05) is 0 Å². The minimum absolute atomic E-state index is 0.255. The lowest BCUT2D eigenvalue weighted by Crippen LogP contribution is -2.15. The lowest BCUT2D eigenvalue weighted by Gasteiger charge is -2.23. The van der Waals surface area contributed by atoms with E-state index in [-0.39, 0.29) is 5.41 Å². The van der Waals surface area contributed by atoms with Gasteiger partial charge in [-0.15, -0.1) is 11.3 Å². The first-order chi connectivity index (χ1) is 26.1. The first-order valence-electron chi connectivity index (χ1n) is 18.4. The molecule has 2 aromatic heterocycles. The molecule has 0 N–H and O–H groups in total. The van der Waals surface area contributed by atoms with Crippen molar-refractivity contribution >= 4 is 85.8 Å². The third-order valence-electron chi connectivity index (χ3n) is 12.0. The van der Waals surface area contributed by atoms with Crippen LogP contribution in [0.3, 0.4) is 0 Å². The minimum Gasteiger partial charge on any atom is -0.455 e. The van der Waals surface area contributed by atoms with Gasteiger partial charge in [0.1, 0.15) is 11.2 Å². The first kappa shape index (κ1) is 29.4. The van der Waals surface area contributed by atoms with Gasteiger partial charge in [-0.05, 0) is 90.1 Å². The number of benzene rings is 9. The van der Waals surface area contributed by atoms with Crippen LogP contribution in [0, 0.1) is 0 Å². The van der Waals surface area contributed by atoms with Gasteiger partial charge in [-0.3, -0.25) is 0 Å². The molecule has 2 heterocycles. The highest BCUT2D eigenvalue weighted by Crippen LogP contribution is 2.58. The summed E-state index contributed by atoms with van der Waals surface area (Å²) in [5, 5.41) is 12.4. The van der Waals surface area contributed by atoms with Crippen LogP contribution in [0.2, 0.25) is 0 Å². The van der Waals surface area contributed by atoms with Crippen molar-refractivity contribution < 1.29 is 4.42 Å². The van der Waals surface area contributed by atoms with Crippen molar-refractivity contribution in [1.82, 2.24) is 0 Å². The molecular weight excluding hydrogens is 661 g/mol. The van der Waals surface area contributed by atoms with E-state index >= 15 is 0 Å². The molecule has 0 unspecified atom stereocenters. The fourth-order valence-corrected chi connectivity index (χ4v) is 10.8. The zero-order valence-electron chi connectivity index (χ0n) is 29.3. The van der Waals surface area contributed by atoms with Crippen LogP contribution in [0.4, 0.5) is 0 Å². The Balaban J connectivity index is 1.24. The van der Waals surface area contributed by atoms with Crippen LogP contribution in [0.1, 0.15) is 25.0 Å². The summed E-state index contributed by atoms with van der Waals surface area (Å²) in [6, 6.07) is 58.5. The van der Waals surface area contributed by atoms with Crippen molar-refractivity contribution in [2.45, 2.75) is 19.3 Å². The largest absolute Gasteiger partial charge is 0.455 e. The summed E-state index contributed by atoms with van der Waals surface area (Å²) < 4.78 is 9.73. The molecule has 0 radical (unpaired) electrons. The average Bonchev–Trinajstić information content (AvgIpc) is 3.84. The Morgan fingerprint density at radius 1 is 0.415 bits per heavy atom. The second kappa shape index (κ2) is 10.4. The van der Waals surface area contributed by atoms with Crippen LogP contribution < -0.4 is 0 Å². The molecule has 0 saturated carbocycles. The molecule has 2 heteroatoms. The molecule has 12 rings (SSSR count). The highest BCUT2D eigenvalue weighted by Gasteiger charge is 2.41. The highest BCUT2D eigenvalue weighted by atomic mass is 32.1. The number of hydrogen-bond acceptors (Lipinski definition) is 2. The van der Waals surface area contributed by atoms with Crippen LogP contribution in [0.15, 0.2) is 162 Å². The molecule has 0 bridgehead atoms. The molecule has 9 aromatic carbocycles. The quantitative estimate of drug-likeness (QED) is 0.164. The van der Waals surface area contributed by atoms with Gasteiger partial charge in [-0.1, -0.05) is 147 Å². The summed E-state index contributed by atoms with van der Waals surface area (Å²) in [6.07, 6.45) is 0. The Morgan fingerprint density at radius 2 is 1.02 bits per heavy atom.